The Bertz CT molecular complexity index is 587. The molecule has 0 aliphatic rings. The Morgan fingerprint density at radius 1 is 1.33 bits per heavy atom. The normalized spacial score (nSPS) is 10.3. The summed E-state index contributed by atoms with van der Waals surface area (Å²) in [6, 6.07) is 5.83. The van der Waals surface area contributed by atoms with Crippen LogP contribution >= 0.6 is 11.6 Å². The summed E-state index contributed by atoms with van der Waals surface area (Å²) in [6.07, 6.45) is 1.56. The van der Waals surface area contributed by atoms with Crippen LogP contribution < -0.4 is 0 Å². The van der Waals surface area contributed by atoms with Crippen LogP contribution in [-0.2, 0) is 6.42 Å². The highest BCUT2D eigenvalue weighted by atomic mass is 35.5. The fourth-order valence-electron chi connectivity index (χ4n) is 1.42. The van der Waals surface area contributed by atoms with Gasteiger partial charge in [0, 0.05) is 6.42 Å². The number of nitrogens with zero attached hydrogens (tertiary/aromatic N) is 2. The van der Waals surface area contributed by atoms with Crippen LogP contribution in [0, 0.1) is 5.82 Å². The van der Waals surface area contributed by atoms with Crippen LogP contribution in [0.4, 0.5) is 4.39 Å². The number of aromatic nitrogens is 2. The molecule has 1 aromatic carbocycles. The molecule has 0 unspecified atom stereocenters. The lowest BCUT2D eigenvalue weighted by atomic mass is 10.1. The van der Waals surface area contributed by atoms with Crippen molar-refractivity contribution >= 4 is 17.6 Å². The number of benzene rings is 1. The van der Waals surface area contributed by atoms with Crippen LogP contribution in [0.5, 0.6) is 0 Å². The van der Waals surface area contributed by atoms with Crippen LogP contribution in [0.15, 0.2) is 30.5 Å². The highest BCUT2D eigenvalue weighted by Crippen LogP contribution is 2.14. The van der Waals surface area contributed by atoms with E-state index in [2.05, 4.69) is 9.97 Å². The number of carbonyl (C=O) groups is 1. The smallest absolute Gasteiger partial charge is 0.356 e. The van der Waals surface area contributed by atoms with E-state index in [0.29, 0.717) is 12.2 Å². The second kappa shape index (κ2) is 5.10. The van der Waals surface area contributed by atoms with Gasteiger partial charge >= 0.3 is 5.97 Å². The summed E-state index contributed by atoms with van der Waals surface area (Å²) in [7, 11) is 0. The van der Waals surface area contributed by atoms with Crippen molar-refractivity contribution in [3.05, 3.63) is 58.4 Å². The standard InChI is InChI=1S/C12H8ClFN2O2/c13-9-6-15-10(16-11(9)12(17)18)5-7-1-3-8(14)4-2-7/h1-4,6H,5H2,(H,17,18). The van der Waals surface area contributed by atoms with Gasteiger partial charge in [-0.3, -0.25) is 0 Å². The minimum absolute atomic E-state index is 0.00893. The van der Waals surface area contributed by atoms with E-state index in [4.69, 9.17) is 16.7 Å². The van der Waals surface area contributed by atoms with Crippen molar-refractivity contribution in [2.75, 3.05) is 0 Å². The van der Waals surface area contributed by atoms with E-state index in [1.807, 2.05) is 0 Å². The van der Waals surface area contributed by atoms with Gasteiger partial charge in [0.1, 0.15) is 11.6 Å². The van der Waals surface area contributed by atoms with Crippen molar-refractivity contribution < 1.29 is 14.3 Å². The van der Waals surface area contributed by atoms with Crippen molar-refractivity contribution in [3.8, 4) is 0 Å². The van der Waals surface area contributed by atoms with E-state index in [9.17, 15) is 9.18 Å². The maximum absolute atomic E-state index is 12.7. The molecule has 1 aromatic heterocycles. The molecule has 0 amide bonds. The third-order valence-corrected chi connectivity index (χ3v) is 2.55. The maximum Gasteiger partial charge on any atom is 0.356 e. The van der Waals surface area contributed by atoms with E-state index in [1.54, 1.807) is 12.1 Å². The van der Waals surface area contributed by atoms with Gasteiger partial charge in [-0.1, -0.05) is 23.7 Å². The van der Waals surface area contributed by atoms with Crippen molar-refractivity contribution in [1.29, 1.82) is 0 Å². The van der Waals surface area contributed by atoms with E-state index >= 15 is 0 Å². The highest BCUT2D eigenvalue weighted by molar-refractivity contribution is 6.33. The number of aromatic carboxylic acids is 1. The van der Waals surface area contributed by atoms with E-state index in [1.165, 1.54) is 18.3 Å². The molecule has 2 aromatic rings. The molecule has 92 valence electrons. The van der Waals surface area contributed by atoms with Gasteiger partial charge in [0.15, 0.2) is 5.69 Å². The Kier molecular flexibility index (Phi) is 3.53. The Hall–Kier alpha value is -2.01. The molecule has 1 N–H and O–H groups in total. The summed E-state index contributed by atoms with van der Waals surface area (Å²) >= 11 is 5.66. The summed E-state index contributed by atoms with van der Waals surface area (Å²) in [4.78, 5) is 18.6. The number of rotatable bonds is 3. The summed E-state index contributed by atoms with van der Waals surface area (Å²) in [6.45, 7) is 0. The third-order valence-electron chi connectivity index (χ3n) is 2.27. The number of carboxylic acids is 1. The molecule has 18 heavy (non-hydrogen) atoms. The minimum atomic E-state index is -1.21. The predicted molar refractivity (Wildman–Crippen MR) is 63.2 cm³/mol. The number of hydrogen-bond donors (Lipinski definition) is 1. The van der Waals surface area contributed by atoms with Crippen LogP contribution in [0.3, 0.4) is 0 Å². The first kappa shape index (κ1) is 12.4. The zero-order chi connectivity index (χ0) is 13.1. The van der Waals surface area contributed by atoms with Gasteiger partial charge in [0.25, 0.3) is 0 Å². The van der Waals surface area contributed by atoms with Gasteiger partial charge in [-0.25, -0.2) is 19.2 Å². The summed E-state index contributed by atoms with van der Waals surface area (Å²) in [5.41, 5.74) is 0.554. The first-order valence-corrected chi connectivity index (χ1v) is 5.43. The maximum atomic E-state index is 12.7. The van der Waals surface area contributed by atoms with Crippen molar-refractivity contribution in [1.82, 2.24) is 9.97 Å². The molecule has 0 saturated heterocycles. The molecule has 0 radical (unpaired) electrons. The Balaban J connectivity index is 2.27. The molecule has 0 bridgehead atoms. The van der Waals surface area contributed by atoms with Gasteiger partial charge < -0.3 is 5.11 Å². The van der Waals surface area contributed by atoms with Gasteiger partial charge in [-0.05, 0) is 17.7 Å². The van der Waals surface area contributed by atoms with Crippen LogP contribution in [-0.4, -0.2) is 21.0 Å². The first-order chi connectivity index (χ1) is 8.56. The molecule has 1 heterocycles. The Morgan fingerprint density at radius 2 is 2.00 bits per heavy atom. The SMILES string of the molecule is O=C(O)c1nc(Cc2ccc(F)cc2)ncc1Cl. The number of halogens is 2. The van der Waals surface area contributed by atoms with Crippen molar-refractivity contribution in [2.45, 2.75) is 6.42 Å². The van der Waals surface area contributed by atoms with E-state index in [0.717, 1.165) is 5.56 Å². The molecule has 0 atom stereocenters. The first-order valence-electron chi connectivity index (χ1n) is 5.05. The predicted octanol–water partition coefficient (Wildman–Crippen LogP) is 2.56. The van der Waals surface area contributed by atoms with E-state index < -0.39 is 5.97 Å². The molecule has 0 saturated carbocycles. The molecule has 0 fully saturated rings. The molecule has 0 aliphatic heterocycles. The van der Waals surface area contributed by atoms with Crippen LogP contribution in [0.25, 0.3) is 0 Å². The van der Waals surface area contributed by atoms with Gasteiger partial charge in [0.2, 0.25) is 0 Å². The van der Waals surface area contributed by atoms with Crippen LogP contribution in [0.2, 0.25) is 5.02 Å². The topological polar surface area (TPSA) is 63.1 Å². The zero-order valence-corrected chi connectivity index (χ0v) is 9.86. The number of carboxylic acid groups (broad SMARTS) is 1. The second-order valence-corrected chi connectivity index (χ2v) is 4.00. The van der Waals surface area contributed by atoms with Crippen molar-refractivity contribution in [3.63, 3.8) is 0 Å². The summed E-state index contributed by atoms with van der Waals surface area (Å²) in [5.74, 6) is -1.21. The third kappa shape index (κ3) is 2.81. The Labute approximate surface area is 107 Å². The summed E-state index contributed by atoms with van der Waals surface area (Å²) < 4.78 is 12.7. The molecular weight excluding hydrogens is 259 g/mol. The number of hydrogen-bond acceptors (Lipinski definition) is 3. The van der Waals surface area contributed by atoms with Gasteiger partial charge in [-0.15, -0.1) is 0 Å². The lowest BCUT2D eigenvalue weighted by Crippen LogP contribution is -2.06. The molecule has 6 heteroatoms. The van der Waals surface area contributed by atoms with Gasteiger partial charge in [0.05, 0.1) is 11.2 Å². The summed E-state index contributed by atoms with van der Waals surface area (Å²) in [5, 5.41) is 8.86. The minimum Gasteiger partial charge on any atom is -0.476 e. The fraction of sp³-hybridized carbons (Fsp3) is 0.0833. The average molecular weight is 267 g/mol. The molecule has 2 rings (SSSR count). The average Bonchev–Trinajstić information content (AvgIpc) is 2.34. The van der Waals surface area contributed by atoms with Gasteiger partial charge in [-0.2, -0.15) is 0 Å². The fourth-order valence-corrected chi connectivity index (χ4v) is 1.60. The molecular formula is C12H8ClFN2O2. The monoisotopic (exact) mass is 266 g/mol. The van der Waals surface area contributed by atoms with Crippen molar-refractivity contribution in [2.24, 2.45) is 0 Å². The molecule has 4 nitrogen and oxygen atoms in total. The molecule has 0 spiro atoms. The largest absolute Gasteiger partial charge is 0.476 e. The molecule has 0 aliphatic carbocycles. The lowest BCUT2D eigenvalue weighted by molar-refractivity contribution is 0.0690. The van der Waals surface area contributed by atoms with E-state index in [-0.39, 0.29) is 16.5 Å². The lowest BCUT2D eigenvalue weighted by Gasteiger charge is -2.03. The second-order valence-electron chi connectivity index (χ2n) is 3.59. The Morgan fingerprint density at radius 3 is 2.61 bits per heavy atom. The van der Waals surface area contributed by atoms with Crippen LogP contribution in [0.1, 0.15) is 21.9 Å². The quantitative estimate of drug-likeness (QED) is 0.927. The highest BCUT2D eigenvalue weighted by Gasteiger charge is 2.12. The zero-order valence-electron chi connectivity index (χ0n) is 9.10.